The van der Waals surface area contributed by atoms with Crippen molar-refractivity contribution in [1.29, 1.82) is 0 Å². The fourth-order valence-electron chi connectivity index (χ4n) is 3.56. The Morgan fingerprint density at radius 3 is 2.57 bits per heavy atom. The Kier molecular flexibility index (Phi) is 3.95. The number of aromatic nitrogens is 4. The Bertz CT molecular complexity index is 1450. The maximum atomic E-state index is 13.2. The zero-order chi connectivity index (χ0) is 20.9. The lowest BCUT2D eigenvalue weighted by Gasteiger charge is -2.11. The lowest BCUT2D eigenvalue weighted by Crippen LogP contribution is -2.15. The van der Waals surface area contributed by atoms with Gasteiger partial charge in [0.1, 0.15) is 0 Å². The first-order valence-electron chi connectivity index (χ1n) is 9.03. The lowest BCUT2D eigenvalue weighted by atomic mass is 10.0. The minimum atomic E-state index is -4.51. The SMILES string of the molecule is O=c1[nH]c2cnc3ccc(-c4cccnc4)cc3c2n1-c1cccc(C(F)(F)F)c1. The van der Waals surface area contributed by atoms with Gasteiger partial charge in [0, 0.05) is 23.3 Å². The van der Waals surface area contributed by atoms with Gasteiger partial charge in [-0.1, -0.05) is 18.2 Å². The molecule has 8 heteroatoms. The first-order valence-corrected chi connectivity index (χ1v) is 9.03. The van der Waals surface area contributed by atoms with Crippen molar-refractivity contribution in [3.05, 3.63) is 89.2 Å². The third kappa shape index (κ3) is 2.93. The Balaban J connectivity index is 1.82. The molecule has 148 valence electrons. The van der Waals surface area contributed by atoms with E-state index in [1.807, 2.05) is 30.3 Å². The molecule has 0 radical (unpaired) electrons. The van der Waals surface area contributed by atoms with Crippen LogP contribution >= 0.6 is 0 Å². The quantitative estimate of drug-likeness (QED) is 0.451. The van der Waals surface area contributed by atoms with Crippen LogP contribution in [0, 0.1) is 0 Å². The van der Waals surface area contributed by atoms with Crippen LogP contribution in [0.15, 0.2) is 78.0 Å². The van der Waals surface area contributed by atoms with E-state index in [4.69, 9.17) is 0 Å². The number of halogens is 3. The summed E-state index contributed by atoms with van der Waals surface area (Å²) < 4.78 is 40.9. The highest BCUT2D eigenvalue weighted by Crippen LogP contribution is 2.32. The number of rotatable bonds is 2. The topological polar surface area (TPSA) is 63.6 Å². The molecule has 0 unspecified atom stereocenters. The van der Waals surface area contributed by atoms with Gasteiger partial charge in [-0.2, -0.15) is 13.2 Å². The van der Waals surface area contributed by atoms with E-state index in [2.05, 4.69) is 15.0 Å². The average molecular weight is 406 g/mol. The molecule has 0 amide bonds. The lowest BCUT2D eigenvalue weighted by molar-refractivity contribution is -0.137. The predicted molar refractivity (Wildman–Crippen MR) is 107 cm³/mol. The smallest absolute Gasteiger partial charge is 0.304 e. The molecule has 30 heavy (non-hydrogen) atoms. The van der Waals surface area contributed by atoms with Crippen LogP contribution < -0.4 is 5.69 Å². The van der Waals surface area contributed by atoms with E-state index in [0.29, 0.717) is 21.9 Å². The van der Waals surface area contributed by atoms with Crippen LogP contribution in [0.25, 0.3) is 38.8 Å². The molecule has 0 saturated carbocycles. The number of benzene rings is 2. The molecule has 0 aliphatic rings. The molecular weight excluding hydrogens is 393 g/mol. The molecule has 0 spiro atoms. The first kappa shape index (κ1) is 18.1. The van der Waals surface area contributed by atoms with Gasteiger partial charge in [-0.05, 0) is 42.0 Å². The third-order valence-electron chi connectivity index (χ3n) is 4.93. The Morgan fingerprint density at radius 1 is 0.933 bits per heavy atom. The second-order valence-electron chi connectivity index (χ2n) is 6.81. The summed E-state index contributed by atoms with van der Waals surface area (Å²) in [5, 5.41) is 0.643. The highest BCUT2D eigenvalue weighted by molar-refractivity contribution is 6.04. The summed E-state index contributed by atoms with van der Waals surface area (Å²) in [5.74, 6) is 0. The molecule has 0 fully saturated rings. The first-order chi connectivity index (χ1) is 14.4. The van der Waals surface area contributed by atoms with E-state index in [1.165, 1.54) is 22.9 Å². The van der Waals surface area contributed by atoms with Crippen molar-refractivity contribution >= 4 is 21.9 Å². The molecule has 0 aliphatic heterocycles. The number of hydrogen-bond acceptors (Lipinski definition) is 3. The van der Waals surface area contributed by atoms with Crippen LogP contribution in [0.3, 0.4) is 0 Å². The number of fused-ring (bicyclic) bond motifs is 3. The van der Waals surface area contributed by atoms with Gasteiger partial charge in [-0.3, -0.25) is 14.5 Å². The zero-order valence-corrected chi connectivity index (χ0v) is 15.3. The van der Waals surface area contributed by atoms with Crippen molar-refractivity contribution in [1.82, 2.24) is 19.5 Å². The predicted octanol–water partition coefficient (Wildman–Crippen LogP) is 4.95. The summed E-state index contributed by atoms with van der Waals surface area (Å²) in [6, 6.07) is 14.0. The van der Waals surface area contributed by atoms with Crippen LogP contribution in [-0.4, -0.2) is 19.5 Å². The third-order valence-corrected chi connectivity index (χ3v) is 4.93. The molecule has 1 N–H and O–H groups in total. The standard InChI is InChI=1S/C22H13F3N4O/c23-22(24,25)15-4-1-5-16(10-15)29-20-17-9-13(14-3-2-8-26-11-14)6-7-18(17)27-12-19(20)28-21(29)30/h1-12H,(H,28,30). The Hall–Kier alpha value is -3.94. The average Bonchev–Trinajstić information content (AvgIpc) is 3.10. The Morgan fingerprint density at radius 2 is 1.80 bits per heavy atom. The number of pyridine rings is 2. The molecule has 3 heterocycles. The second kappa shape index (κ2) is 6.55. The molecule has 0 bridgehead atoms. The number of imidazole rings is 1. The van der Waals surface area contributed by atoms with Gasteiger partial charge >= 0.3 is 11.9 Å². The van der Waals surface area contributed by atoms with Crippen LogP contribution in [0.2, 0.25) is 0 Å². The molecule has 0 aliphatic carbocycles. The van der Waals surface area contributed by atoms with E-state index in [9.17, 15) is 18.0 Å². The van der Waals surface area contributed by atoms with Crippen LogP contribution in [0.5, 0.6) is 0 Å². The van der Waals surface area contributed by atoms with Gasteiger partial charge in [0.05, 0.1) is 34.0 Å². The van der Waals surface area contributed by atoms with E-state index >= 15 is 0 Å². The van der Waals surface area contributed by atoms with Crippen molar-refractivity contribution < 1.29 is 13.2 Å². The largest absolute Gasteiger partial charge is 0.416 e. The van der Waals surface area contributed by atoms with E-state index < -0.39 is 17.4 Å². The molecule has 0 saturated heterocycles. The number of aromatic amines is 1. The fourth-order valence-corrected chi connectivity index (χ4v) is 3.56. The highest BCUT2D eigenvalue weighted by atomic mass is 19.4. The summed E-state index contributed by atoms with van der Waals surface area (Å²) in [4.78, 5) is 23.9. The number of hydrogen-bond donors (Lipinski definition) is 1. The molecule has 2 aromatic carbocycles. The van der Waals surface area contributed by atoms with E-state index in [1.54, 1.807) is 12.4 Å². The Labute approximate surface area is 167 Å². The van der Waals surface area contributed by atoms with Crippen molar-refractivity contribution in [2.24, 2.45) is 0 Å². The maximum Gasteiger partial charge on any atom is 0.416 e. The summed E-state index contributed by atoms with van der Waals surface area (Å²) in [6.07, 6.45) is 0.378. The monoisotopic (exact) mass is 406 g/mol. The van der Waals surface area contributed by atoms with Crippen LogP contribution in [0.4, 0.5) is 13.2 Å². The van der Waals surface area contributed by atoms with Gasteiger partial charge in [0.25, 0.3) is 0 Å². The normalized spacial score (nSPS) is 12.0. The molecule has 3 aromatic heterocycles. The summed E-state index contributed by atoms with van der Waals surface area (Å²) in [7, 11) is 0. The van der Waals surface area contributed by atoms with Gasteiger partial charge in [0.2, 0.25) is 0 Å². The van der Waals surface area contributed by atoms with Crippen molar-refractivity contribution in [3.8, 4) is 16.8 Å². The summed E-state index contributed by atoms with van der Waals surface area (Å²) in [5.41, 5.74) is 2.02. The van der Waals surface area contributed by atoms with Crippen LogP contribution in [-0.2, 0) is 6.18 Å². The minimum absolute atomic E-state index is 0.125. The molecule has 5 aromatic rings. The van der Waals surface area contributed by atoms with Gasteiger partial charge in [0.15, 0.2) is 0 Å². The van der Waals surface area contributed by atoms with E-state index in [-0.39, 0.29) is 5.69 Å². The summed E-state index contributed by atoms with van der Waals surface area (Å²) >= 11 is 0. The number of nitrogens with one attached hydrogen (secondary N) is 1. The number of nitrogens with zero attached hydrogens (tertiary/aromatic N) is 3. The van der Waals surface area contributed by atoms with Crippen molar-refractivity contribution in [2.75, 3.05) is 0 Å². The molecule has 5 nitrogen and oxygen atoms in total. The number of alkyl halides is 3. The second-order valence-corrected chi connectivity index (χ2v) is 6.81. The van der Waals surface area contributed by atoms with Crippen molar-refractivity contribution in [3.63, 3.8) is 0 Å². The van der Waals surface area contributed by atoms with Gasteiger partial charge in [-0.15, -0.1) is 0 Å². The summed E-state index contributed by atoms with van der Waals surface area (Å²) in [6.45, 7) is 0. The zero-order valence-electron chi connectivity index (χ0n) is 15.3. The molecule has 0 atom stereocenters. The number of H-pyrrole nitrogens is 1. The van der Waals surface area contributed by atoms with E-state index in [0.717, 1.165) is 23.3 Å². The highest BCUT2D eigenvalue weighted by Gasteiger charge is 2.30. The maximum absolute atomic E-state index is 13.2. The molecule has 5 rings (SSSR count). The van der Waals surface area contributed by atoms with Gasteiger partial charge in [-0.25, -0.2) is 4.79 Å². The van der Waals surface area contributed by atoms with Gasteiger partial charge < -0.3 is 4.98 Å². The minimum Gasteiger partial charge on any atom is -0.304 e. The molecular formula is C22H13F3N4O. The van der Waals surface area contributed by atoms with Crippen LogP contribution in [0.1, 0.15) is 5.56 Å². The fraction of sp³-hybridized carbons (Fsp3) is 0.0455. The van der Waals surface area contributed by atoms with Crippen molar-refractivity contribution in [2.45, 2.75) is 6.18 Å².